The zero-order valence-electron chi connectivity index (χ0n) is 16.7. The van der Waals surface area contributed by atoms with Gasteiger partial charge in [-0.1, -0.05) is 34.6 Å². The molecule has 0 spiro atoms. The van der Waals surface area contributed by atoms with Crippen LogP contribution in [0.5, 0.6) is 5.75 Å². The lowest BCUT2D eigenvalue weighted by Crippen LogP contribution is -2.42. The predicted octanol–water partition coefficient (Wildman–Crippen LogP) is 7.30. The van der Waals surface area contributed by atoms with Crippen LogP contribution in [0.4, 0.5) is 5.69 Å². The number of phenolic OH excluding ortho intramolecular Hbond substituents is 1. The normalized spacial score (nSPS) is 20.3. The van der Waals surface area contributed by atoms with Gasteiger partial charge in [0.05, 0.1) is 36.1 Å². The Morgan fingerprint density at radius 2 is 1.64 bits per heavy atom. The smallest absolute Gasteiger partial charge is 0.269 e. The molecule has 0 aliphatic carbocycles. The molecular weight excluding hydrogens is 632 g/mol. The Bertz CT molecular complexity index is 499. The summed E-state index contributed by atoms with van der Waals surface area (Å²) in [6.07, 6.45) is 2.49. The molecule has 0 bridgehead atoms. The Kier molecular flexibility index (Phi) is 22.7. The molecule has 1 aliphatic heterocycles. The number of halogens is 2. The summed E-state index contributed by atoms with van der Waals surface area (Å²) in [7, 11) is 2.72. The van der Waals surface area contributed by atoms with E-state index in [2.05, 4.69) is 49.3 Å². The first kappa shape index (κ1) is 30.7. The van der Waals surface area contributed by atoms with Crippen molar-refractivity contribution < 1.29 is 23.1 Å². The van der Waals surface area contributed by atoms with Gasteiger partial charge in [0.2, 0.25) is 0 Å². The van der Waals surface area contributed by atoms with E-state index in [-0.39, 0.29) is 23.6 Å². The van der Waals surface area contributed by atoms with Crippen molar-refractivity contribution in [1.29, 1.82) is 0 Å². The lowest BCUT2D eigenvalue weighted by atomic mass is 10.0. The van der Waals surface area contributed by atoms with E-state index in [1.165, 1.54) is 42.7 Å². The predicted molar refractivity (Wildman–Crippen MR) is 135 cm³/mol. The van der Waals surface area contributed by atoms with Gasteiger partial charge in [0.25, 0.3) is 5.69 Å². The topological polar surface area (TPSA) is 91.1 Å². The molecule has 3 atom stereocenters. The molecule has 7 nitrogen and oxygen atoms in total. The average Bonchev–Trinajstić information content (AvgIpc) is 2.73. The summed E-state index contributed by atoms with van der Waals surface area (Å²) in [6, 6.07) is 5.04. The van der Waals surface area contributed by atoms with Crippen LogP contribution in [0.15, 0.2) is 24.3 Å². The Labute approximate surface area is 200 Å². The molecule has 1 fully saturated rings. The van der Waals surface area contributed by atoms with Crippen LogP contribution in [0, 0.1) is 10.1 Å². The van der Waals surface area contributed by atoms with Gasteiger partial charge in [0, 0.05) is 61.0 Å². The van der Waals surface area contributed by atoms with E-state index in [9.17, 15) is 10.1 Å². The van der Waals surface area contributed by atoms with Gasteiger partial charge in [-0.15, -0.1) is 0 Å². The number of ether oxygens (including phenoxy) is 1. The summed E-state index contributed by atoms with van der Waals surface area (Å²) in [5, 5.41) is 18.8. The second-order valence-corrected chi connectivity index (χ2v) is 7.56. The molecule has 0 radical (unpaired) electrons. The monoisotopic (exact) mass is 661 g/mol. The fourth-order valence-corrected chi connectivity index (χ4v) is 4.13. The number of nitrogens with zero attached hydrogens (tertiary/aromatic N) is 1. The summed E-state index contributed by atoms with van der Waals surface area (Å²) < 4.78 is 16.7. The molecular formula is C17H29I2NO6S2. The van der Waals surface area contributed by atoms with E-state index >= 15 is 0 Å². The Hall–Kier alpha value is 0.460. The van der Waals surface area contributed by atoms with Gasteiger partial charge in [0.15, 0.2) is 0 Å². The Morgan fingerprint density at radius 3 is 2.07 bits per heavy atom. The number of aromatic hydroxyl groups is 1. The number of rotatable bonds is 6. The number of non-ortho nitro benzene ring substituents is 1. The van der Waals surface area contributed by atoms with Crippen molar-refractivity contribution in [3.05, 3.63) is 34.4 Å². The maximum atomic E-state index is 10.0. The first-order valence-electron chi connectivity index (χ1n) is 8.94. The highest BCUT2D eigenvalue weighted by Crippen LogP contribution is 2.30. The number of nitro benzene ring substituents is 1. The van der Waals surface area contributed by atoms with Crippen molar-refractivity contribution >= 4 is 66.5 Å². The Balaban J connectivity index is 0. The fourth-order valence-electron chi connectivity index (χ4n) is 1.96. The SMILES string of the molecule is CC.CC.CCC1CC(OSI)C(OSI)CO1.O=[N+]([O-])c1ccc(O)cc1. The third-order valence-electron chi connectivity index (χ3n) is 3.24. The van der Waals surface area contributed by atoms with Gasteiger partial charge in [-0.05, 0) is 18.6 Å². The van der Waals surface area contributed by atoms with Crippen LogP contribution in [0.1, 0.15) is 47.5 Å². The van der Waals surface area contributed by atoms with Crippen molar-refractivity contribution in [2.45, 2.75) is 65.8 Å². The minimum atomic E-state index is -0.514. The van der Waals surface area contributed by atoms with E-state index in [1.54, 1.807) is 0 Å². The van der Waals surface area contributed by atoms with E-state index < -0.39 is 4.92 Å². The average molecular weight is 661 g/mol. The first-order valence-corrected chi connectivity index (χ1v) is 15.5. The van der Waals surface area contributed by atoms with E-state index in [4.69, 9.17) is 18.2 Å². The van der Waals surface area contributed by atoms with Gasteiger partial charge in [0.1, 0.15) is 18.0 Å². The molecule has 1 heterocycles. The Morgan fingerprint density at radius 1 is 1.14 bits per heavy atom. The lowest BCUT2D eigenvalue weighted by molar-refractivity contribution is -0.384. The molecule has 0 amide bonds. The third kappa shape index (κ3) is 13.6. The highest BCUT2D eigenvalue weighted by atomic mass is 127. The van der Waals surface area contributed by atoms with Crippen molar-refractivity contribution in [1.82, 2.24) is 0 Å². The molecule has 1 saturated heterocycles. The largest absolute Gasteiger partial charge is 0.508 e. The molecule has 0 saturated carbocycles. The van der Waals surface area contributed by atoms with Crippen LogP contribution in [0.2, 0.25) is 0 Å². The summed E-state index contributed by atoms with van der Waals surface area (Å²) in [4.78, 5) is 9.52. The second-order valence-electron chi connectivity index (χ2n) is 4.77. The maximum absolute atomic E-state index is 10.0. The summed E-state index contributed by atoms with van der Waals surface area (Å²) in [5.41, 5.74) is -0.0159. The zero-order valence-corrected chi connectivity index (χ0v) is 22.6. The zero-order chi connectivity index (χ0) is 21.9. The van der Waals surface area contributed by atoms with E-state index in [1.807, 2.05) is 27.7 Å². The number of phenols is 1. The van der Waals surface area contributed by atoms with Crippen LogP contribution < -0.4 is 0 Å². The number of benzene rings is 1. The maximum Gasteiger partial charge on any atom is 0.269 e. The van der Waals surface area contributed by atoms with Crippen molar-refractivity contribution in [3.8, 4) is 5.75 Å². The molecule has 11 heteroatoms. The molecule has 3 unspecified atom stereocenters. The molecule has 164 valence electrons. The van der Waals surface area contributed by atoms with Crippen LogP contribution in [0.3, 0.4) is 0 Å². The number of nitro groups is 1. The van der Waals surface area contributed by atoms with Gasteiger partial charge in [-0.2, -0.15) is 0 Å². The van der Waals surface area contributed by atoms with E-state index in [0.717, 1.165) is 12.8 Å². The molecule has 1 N–H and O–H groups in total. The lowest BCUT2D eigenvalue weighted by Gasteiger charge is -2.33. The van der Waals surface area contributed by atoms with Crippen LogP contribution in [-0.2, 0) is 13.1 Å². The van der Waals surface area contributed by atoms with Gasteiger partial charge in [-0.3, -0.25) is 18.5 Å². The highest BCUT2D eigenvalue weighted by Gasteiger charge is 2.32. The van der Waals surface area contributed by atoms with Crippen LogP contribution >= 0.6 is 60.8 Å². The standard InChI is InChI=1S/C7H12I2O3S2.C6H5NO3.2C2H6/c1-2-5-3-6(11-13-8)7(4-10-5)12-14-9;8-6-3-1-5(2-4-6)7(9)10;2*1-2/h5-7H,2-4H2,1H3;1-4,8H;2*1-2H3. The van der Waals surface area contributed by atoms with E-state index in [0.29, 0.717) is 12.7 Å². The summed E-state index contributed by atoms with van der Waals surface area (Å²) in [5.74, 6) is 0.0330. The van der Waals surface area contributed by atoms with Gasteiger partial charge in [-0.25, -0.2) is 0 Å². The van der Waals surface area contributed by atoms with Crippen LogP contribution in [-0.4, -0.2) is 34.9 Å². The van der Waals surface area contributed by atoms with Gasteiger partial charge < -0.3 is 9.84 Å². The molecule has 1 aromatic rings. The van der Waals surface area contributed by atoms with Crippen LogP contribution in [0.25, 0.3) is 0 Å². The van der Waals surface area contributed by atoms with Gasteiger partial charge >= 0.3 is 0 Å². The molecule has 0 aromatic heterocycles. The van der Waals surface area contributed by atoms with Crippen molar-refractivity contribution in [2.75, 3.05) is 6.61 Å². The summed E-state index contributed by atoms with van der Waals surface area (Å²) >= 11 is 4.25. The minimum absolute atomic E-state index is 0.0159. The number of hydrogen-bond acceptors (Lipinski definition) is 8. The van der Waals surface area contributed by atoms with Crippen molar-refractivity contribution in [2.24, 2.45) is 0 Å². The number of hydrogen-bond donors (Lipinski definition) is 1. The molecule has 2 rings (SSSR count). The fraction of sp³-hybridized carbons (Fsp3) is 0.647. The summed E-state index contributed by atoms with van der Waals surface area (Å²) in [6.45, 7) is 10.8. The quantitative estimate of drug-likeness (QED) is 0.147. The second kappa shape index (κ2) is 20.7. The third-order valence-corrected chi connectivity index (χ3v) is 5.13. The highest BCUT2D eigenvalue weighted by molar-refractivity contribution is 14.2. The minimum Gasteiger partial charge on any atom is -0.508 e. The molecule has 1 aliphatic rings. The van der Waals surface area contributed by atoms with Crippen molar-refractivity contribution in [3.63, 3.8) is 0 Å². The first-order chi connectivity index (χ1) is 13.5. The molecule has 1 aromatic carbocycles. The molecule has 28 heavy (non-hydrogen) atoms.